The van der Waals surface area contributed by atoms with E-state index < -0.39 is 0 Å². The van der Waals surface area contributed by atoms with Gasteiger partial charge in [0.05, 0.1) is 0 Å². The van der Waals surface area contributed by atoms with Gasteiger partial charge in [0, 0.05) is 24.8 Å². The third-order valence-corrected chi connectivity index (χ3v) is 4.50. The van der Waals surface area contributed by atoms with E-state index in [2.05, 4.69) is 25.9 Å². The standard InChI is InChI=1S/C20H17FN6O/c1-27-17(13-6-8-15(21)9-7-13)10-11-18(27)20(28)22-16-5-3-2-4-14(16)12-19-23-25-26-24-19/h2-11H,12H2,1H3,(H,22,28)(H,23,24,25,26). The molecule has 0 saturated heterocycles. The van der Waals surface area contributed by atoms with Gasteiger partial charge in [-0.2, -0.15) is 5.21 Å². The fraction of sp³-hybridized carbons (Fsp3) is 0.100. The predicted molar refractivity (Wildman–Crippen MR) is 102 cm³/mol. The number of tetrazole rings is 1. The van der Waals surface area contributed by atoms with Gasteiger partial charge >= 0.3 is 0 Å². The summed E-state index contributed by atoms with van der Waals surface area (Å²) in [7, 11) is 1.80. The van der Waals surface area contributed by atoms with Gasteiger partial charge in [-0.3, -0.25) is 4.79 Å². The van der Waals surface area contributed by atoms with Crippen molar-refractivity contribution in [1.29, 1.82) is 0 Å². The summed E-state index contributed by atoms with van der Waals surface area (Å²) in [5.41, 5.74) is 3.71. The van der Waals surface area contributed by atoms with Crippen molar-refractivity contribution in [1.82, 2.24) is 25.2 Å². The lowest BCUT2D eigenvalue weighted by Crippen LogP contribution is -2.17. The Hall–Kier alpha value is -3.81. The van der Waals surface area contributed by atoms with E-state index in [1.807, 2.05) is 30.3 Å². The number of benzene rings is 2. The van der Waals surface area contributed by atoms with Gasteiger partial charge < -0.3 is 9.88 Å². The SMILES string of the molecule is Cn1c(C(=O)Nc2ccccc2Cc2nn[nH]n2)ccc1-c1ccc(F)cc1. The molecule has 0 aliphatic carbocycles. The predicted octanol–water partition coefficient (Wildman–Crippen LogP) is 3.19. The van der Waals surface area contributed by atoms with Crippen molar-refractivity contribution in [2.24, 2.45) is 7.05 Å². The number of nitrogens with one attached hydrogen (secondary N) is 2. The first-order valence-electron chi connectivity index (χ1n) is 8.65. The highest BCUT2D eigenvalue weighted by Gasteiger charge is 2.16. The fourth-order valence-corrected chi connectivity index (χ4v) is 3.06. The van der Waals surface area contributed by atoms with Crippen LogP contribution in [0.25, 0.3) is 11.3 Å². The second-order valence-corrected chi connectivity index (χ2v) is 6.29. The van der Waals surface area contributed by atoms with E-state index in [4.69, 9.17) is 0 Å². The van der Waals surface area contributed by atoms with Crippen LogP contribution in [0.4, 0.5) is 10.1 Å². The van der Waals surface area contributed by atoms with Gasteiger partial charge in [0.1, 0.15) is 11.5 Å². The first-order chi connectivity index (χ1) is 13.6. The van der Waals surface area contributed by atoms with E-state index in [0.29, 0.717) is 23.6 Å². The van der Waals surface area contributed by atoms with Crippen LogP contribution >= 0.6 is 0 Å². The van der Waals surface area contributed by atoms with E-state index in [0.717, 1.165) is 16.8 Å². The molecule has 8 heteroatoms. The van der Waals surface area contributed by atoms with Crippen LogP contribution < -0.4 is 5.32 Å². The number of hydrogen-bond donors (Lipinski definition) is 2. The molecule has 0 aliphatic rings. The van der Waals surface area contributed by atoms with Crippen molar-refractivity contribution in [3.63, 3.8) is 0 Å². The van der Waals surface area contributed by atoms with Gasteiger partial charge in [0.25, 0.3) is 5.91 Å². The summed E-state index contributed by atoms with van der Waals surface area (Å²) in [6.07, 6.45) is 0.445. The highest BCUT2D eigenvalue weighted by Crippen LogP contribution is 2.23. The van der Waals surface area contributed by atoms with Crippen LogP contribution in [0.15, 0.2) is 60.7 Å². The Morgan fingerprint density at radius 1 is 1.11 bits per heavy atom. The number of halogens is 1. The van der Waals surface area contributed by atoms with Gasteiger partial charge in [-0.25, -0.2) is 4.39 Å². The van der Waals surface area contributed by atoms with Crippen LogP contribution in [-0.4, -0.2) is 31.1 Å². The number of rotatable bonds is 5. The second-order valence-electron chi connectivity index (χ2n) is 6.29. The number of nitrogens with zero attached hydrogens (tertiary/aromatic N) is 4. The molecule has 0 saturated carbocycles. The van der Waals surface area contributed by atoms with E-state index in [9.17, 15) is 9.18 Å². The molecule has 0 bridgehead atoms. The smallest absolute Gasteiger partial charge is 0.272 e. The Bertz CT molecular complexity index is 1100. The maximum Gasteiger partial charge on any atom is 0.272 e. The number of H-pyrrole nitrogens is 1. The number of carbonyl (C=O) groups is 1. The Morgan fingerprint density at radius 2 is 1.89 bits per heavy atom. The molecule has 2 aromatic carbocycles. The summed E-state index contributed by atoms with van der Waals surface area (Å²) in [6, 6.07) is 17.2. The number of aromatic amines is 1. The van der Waals surface area contributed by atoms with Crippen LogP contribution in [-0.2, 0) is 13.5 Å². The Balaban J connectivity index is 1.57. The fourth-order valence-electron chi connectivity index (χ4n) is 3.06. The van der Waals surface area contributed by atoms with Crippen molar-refractivity contribution in [3.05, 3.63) is 83.6 Å². The molecule has 0 spiro atoms. The van der Waals surface area contributed by atoms with Crippen LogP contribution in [0.1, 0.15) is 21.9 Å². The molecule has 2 heterocycles. The van der Waals surface area contributed by atoms with Crippen molar-refractivity contribution >= 4 is 11.6 Å². The topological polar surface area (TPSA) is 88.5 Å². The zero-order valence-corrected chi connectivity index (χ0v) is 15.1. The minimum atomic E-state index is -0.297. The molecule has 0 atom stereocenters. The lowest BCUT2D eigenvalue weighted by atomic mass is 10.1. The lowest BCUT2D eigenvalue weighted by molar-refractivity contribution is 0.101. The van der Waals surface area contributed by atoms with Gasteiger partial charge in [0.2, 0.25) is 0 Å². The molecule has 2 N–H and O–H groups in total. The van der Waals surface area contributed by atoms with Crippen LogP contribution in [0.3, 0.4) is 0 Å². The Labute approximate surface area is 160 Å². The van der Waals surface area contributed by atoms with Crippen molar-refractivity contribution in [2.45, 2.75) is 6.42 Å². The molecule has 0 radical (unpaired) electrons. The number of aromatic nitrogens is 5. The van der Waals surface area contributed by atoms with E-state index in [-0.39, 0.29) is 11.7 Å². The normalized spacial score (nSPS) is 10.8. The molecule has 0 unspecified atom stereocenters. The van der Waals surface area contributed by atoms with Crippen molar-refractivity contribution in [2.75, 3.05) is 5.32 Å². The monoisotopic (exact) mass is 376 g/mol. The Kier molecular flexibility index (Phi) is 4.67. The second kappa shape index (κ2) is 7.43. The average Bonchev–Trinajstić information content (AvgIpc) is 3.34. The third kappa shape index (κ3) is 3.52. The molecule has 140 valence electrons. The van der Waals surface area contributed by atoms with Crippen LogP contribution in [0, 0.1) is 5.82 Å². The molecule has 0 fully saturated rings. The lowest BCUT2D eigenvalue weighted by Gasteiger charge is -2.11. The van der Waals surface area contributed by atoms with E-state index in [1.165, 1.54) is 12.1 Å². The van der Waals surface area contributed by atoms with Crippen LogP contribution in [0.5, 0.6) is 0 Å². The zero-order chi connectivity index (χ0) is 19.5. The highest BCUT2D eigenvalue weighted by atomic mass is 19.1. The number of anilines is 1. The summed E-state index contributed by atoms with van der Waals surface area (Å²) in [5.74, 6) is 0.00437. The molecule has 4 rings (SSSR count). The molecule has 0 aliphatic heterocycles. The maximum absolute atomic E-state index is 13.2. The molecule has 2 aromatic heterocycles. The van der Waals surface area contributed by atoms with Gasteiger partial charge in [0.15, 0.2) is 5.82 Å². The van der Waals surface area contributed by atoms with Crippen LogP contribution in [0.2, 0.25) is 0 Å². The molecule has 4 aromatic rings. The number of para-hydroxylation sites is 1. The van der Waals surface area contributed by atoms with Gasteiger partial charge in [-0.1, -0.05) is 23.4 Å². The quantitative estimate of drug-likeness (QED) is 0.560. The van der Waals surface area contributed by atoms with Crippen molar-refractivity contribution < 1.29 is 9.18 Å². The Morgan fingerprint density at radius 3 is 2.64 bits per heavy atom. The minimum absolute atomic E-state index is 0.239. The van der Waals surface area contributed by atoms with Gasteiger partial charge in [-0.05, 0) is 53.6 Å². The molecular weight excluding hydrogens is 359 g/mol. The molecule has 7 nitrogen and oxygen atoms in total. The van der Waals surface area contributed by atoms with Gasteiger partial charge in [-0.15, -0.1) is 10.2 Å². The van der Waals surface area contributed by atoms with E-state index in [1.54, 1.807) is 29.8 Å². The number of carbonyl (C=O) groups excluding carboxylic acids is 1. The number of hydrogen-bond acceptors (Lipinski definition) is 4. The van der Waals surface area contributed by atoms with Crippen molar-refractivity contribution in [3.8, 4) is 11.3 Å². The summed E-state index contributed by atoms with van der Waals surface area (Å²) in [6.45, 7) is 0. The maximum atomic E-state index is 13.2. The summed E-state index contributed by atoms with van der Waals surface area (Å²) in [4.78, 5) is 12.8. The first kappa shape index (κ1) is 17.6. The molecule has 1 amide bonds. The molecular formula is C20H17FN6O. The highest BCUT2D eigenvalue weighted by molar-refractivity contribution is 6.04. The minimum Gasteiger partial charge on any atom is -0.340 e. The van der Waals surface area contributed by atoms with E-state index >= 15 is 0 Å². The summed E-state index contributed by atoms with van der Waals surface area (Å²) >= 11 is 0. The molecule has 28 heavy (non-hydrogen) atoms. The third-order valence-electron chi connectivity index (χ3n) is 4.50. The first-order valence-corrected chi connectivity index (χ1v) is 8.65. The number of amides is 1. The summed E-state index contributed by atoms with van der Waals surface area (Å²) < 4.78 is 14.9. The zero-order valence-electron chi connectivity index (χ0n) is 15.1. The summed E-state index contributed by atoms with van der Waals surface area (Å²) in [5, 5.41) is 16.8. The largest absolute Gasteiger partial charge is 0.340 e. The average molecular weight is 376 g/mol.